The van der Waals surface area contributed by atoms with E-state index in [0.29, 0.717) is 72.5 Å². The molecular weight excluding hydrogens is 700 g/mol. The van der Waals surface area contributed by atoms with Crippen LogP contribution in [0.5, 0.6) is 5.75 Å². The first-order valence-electron chi connectivity index (χ1n) is 19.0. The summed E-state index contributed by atoms with van der Waals surface area (Å²) in [6.07, 6.45) is 3.90. The van der Waals surface area contributed by atoms with Gasteiger partial charge in [0.15, 0.2) is 5.78 Å². The largest absolute Gasteiger partial charge is 0.494 e. The second kappa shape index (κ2) is 14.0. The molecule has 4 aliphatic heterocycles. The molecule has 3 saturated heterocycles. The van der Waals surface area contributed by atoms with Crippen LogP contribution in [0.25, 0.3) is 10.8 Å². The Bertz CT molecular complexity index is 2320. The number of piperidine rings is 1. The second-order valence-electron chi connectivity index (χ2n) is 15.0. The van der Waals surface area contributed by atoms with E-state index in [1.165, 1.54) is 11.0 Å². The van der Waals surface area contributed by atoms with Crippen molar-refractivity contribution in [1.29, 1.82) is 5.26 Å². The fourth-order valence-electron chi connectivity index (χ4n) is 9.17. The summed E-state index contributed by atoms with van der Waals surface area (Å²) in [5.74, 6) is -0.337. The van der Waals surface area contributed by atoms with E-state index in [-0.39, 0.29) is 47.7 Å². The van der Waals surface area contributed by atoms with Crippen LogP contribution in [0.15, 0.2) is 77.8 Å². The molecule has 4 amide bonds. The molecule has 4 heterocycles. The quantitative estimate of drug-likeness (QED) is 0.161. The smallest absolute Gasteiger partial charge is 0.332 e. The van der Waals surface area contributed by atoms with Crippen LogP contribution in [0.1, 0.15) is 63.1 Å². The van der Waals surface area contributed by atoms with E-state index in [2.05, 4.69) is 16.0 Å². The molecule has 4 aromatic carbocycles. The zero-order chi connectivity index (χ0) is 37.8. The normalized spacial score (nSPS) is 21.9. The third kappa shape index (κ3) is 6.12. The molecule has 0 spiro atoms. The van der Waals surface area contributed by atoms with Gasteiger partial charge in [-0.05, 0) is 79.6 Å². The van der Waals surface area contributed by atoms with Crippen molar-refractivity contribution >= 4 is 45.8 Å². The number of Topliss-reactive ketones (excluding diaryl/α,β-unsaturated/α-hetero) is 1. The third-order valence-electron chi connectivity index (χ3n) is 11.9. The Hall–Kier alpha value is -5.93. The first kappa shape index (κ1) is 34.8. The number of fused-ring (bicyclic) bond motifs is 7. The van der Waals surface area contributed by atoms with Gasteiger partial charge in [-0.1, -0.05) is 30.3 Å². The van der Waals surface area contributed by atoms with Gasteiger partial charge in [0.25, 0.3) is 11.8 Å². The lowest BCUT2D eigenvalue weighted by atomic mass is 9.92. The van der Waals surface area contributed by atoms with Crippen molar-refractivity contribution in [3.63, 3.8) is 0 Å². The van der Waals surface area contributed by atoms with Gasteiger partial charge in [-0.3, -0.25) is 24.3 Å². The molecule has 4 aromatic rings. The van der Waals surface area contributed by atoms with Crippen LogP contribution in [-0.4, -0.2) is 102 Å². The number of carbonyl (C=O) groups is 4. The third-order valence-corrected chi connectivity index (χ3v) is 11.9. The number of amides is 4. The molecule has 11 nitrogen and oxygen atoms in total. The number of rotatable bonds is 9. The number of carbonyl (C=O) groups excluding carboxylic acids is 4. The van der Waals surface area contributed by atoms with Crippen LogP contribution < -0.4 is 9.64 Å². The maximum Gasteiger partial charge on any atom is 0.332 e. The van der Waals surface area contributed by atoms with Gasteiger partial charge in [-0.15, -0.1) is 0 Å². The Morgan fingerprint density at radius 1 is 0.927 bits per heavy atom. The monoisotopic (exact) mass is 738 g/mol. The molecule has 1 aliphatic carbocycles. The highest BCUT2D eigenvalue weighted by Gasteiger charge is 2.59. The Morgan fingerprint density at radius 3 is 2.55 bits per heavy atom. The van der Waals surface area contributed by atoms with Gasteiger partial charge in [-0.2, -0.15) is 5.26 Å². The number of benzene rings is 4. The highest BCUT2D eigenvalue weighted by molar-refractivity contribution is 6.25. The zero-order valence-electron chi connectivity index (χ0n) is 30.2. The van der Waals surface area contributed by atoms with Crippen LogP contribution >= 0.6 is 0 Å². The van der Waals surface area contributed by atoms with Crippen molar-refractivity contribution < 1.29 is 28.3 Å². The number of hydrogen-bond donors (Lipinski definition) is 0. The SMILES string of the molecule is N#Cc1ccc(N2C(=O)[C@H]3[C@H]4CC[C@H](C4)N3C2=O)c2cc(OCCCN3CCN(C(=O)c4cc(CC5=NCC(=O)c6ccccc65)ccc4F)CC3)ccc12. The van der Waals surface area contributed by atoms with Crippen molar-refractivity contribution in [2.24, 2.45) is 10.9 Å². The number of halogens is 1. The van der Waals surface area contributed by atoms with E-state index < -0.39 is 11.9 Å². The molecule has 5 aliphatic rings. The summed E-state index contributed by atoms with van der Waals surface area (Å²) >= 11 is 0. The minimum Gasteiger partial charge on any atom is -0.494 e. The summed E-state index contributed by atoms with van der Waals surface area (Å²) < 4.78 is 21.2. The van der Waals surface area contributed by atoms with Crippen molar-refractivity contribution in [2.45, 2.75) is 44.2 Å². The maximum atomic E-state index is 15.0. The number of nitriles is 1. The summed E-state index contributed by atoms with van der Waals surface area (Å²) in [7, 11) is 0. The summed E-state index contributed by atoms with van der Waals surface area (Å²) in [4.78, 5) is 64.5. The van der Waals surface area contributed by atoms with Crippen LogP contribution in [0.2, 0.25) is 0 Å². The van der Waals surface area contributed by atoms with E-state index in [4.69, 9.17) is 4.74 Å². The number of aliphatic imine (C=N–C) groups is 1. The fourth-order valence-corrected chi connectivity index (χ4v) is 9.17. The van der Waals surface area contributed by atoms with Gasteiger partial charge in [0.2, 0.25) is 0 Å². The molecule has 3 atom stereocenters. The number of imide groups is 1. The number of hydrogen-bond acceptors (Lipinski definition) is 8. The average Bonchev–Trinajstić information content (AvgIpc) is 3.91. The van der Waals surface area contributed by atoms with Crippen LogP contribution in [0.4, 0.5) is 14.9 Å². The van der Waals surface area contributed by atoms with E-state index in [1.54, 1.807) is 46.2 Å². The van der Waals surface area contributed by atoms with E-state index in [0.717, 1.165) is 49.1 Å². The van der Waals surface area contributed by atoms with Gasteiger partial charge in [-0.25, -0.2) is 14.1 Å². The Balaban J connectivity index is 0.802. The number of ketones is 1. The maximum absolute atomic E-state index is 15.0. The first-order chi connectivity index (χ1) is 26.8. The molecule has 4 fully saturated rings. The average molecular weight is 739 g/mol. The molecule has 0 radical (unpaired) electrons. The highest BCUT2D eigenvalue weighted by atomic mass is 19.1. The summed E-state index contributed by atoms with van der Waals surface area (Å²) in [6.45, 7) is 3.45. The van der Waals surface area contributed by atoms with Crippen molar-refractivity contribution in [3.8, 4) is 11.8 Å². The van der Waals surface area contributed by atoms with Crippen LogP contribution in [0, 0.1) is 23.1 Å². The lowest BCUT2D eigenvalue weighted by Crippen LogP contribution is -2.49. The van der Waals surface area contributed by atoms with Gasteiger partial charge in [0.05, 0.1) is 29.5 Å². The van der Waals surface area contributed by atoms with E-state index in [1.807, 2.05) is 30.3 Å². The molecule has 9 rings (SSSR count). The molecule has 0 aromatic heterocycles. The molecule has 1 saturated carbocycles. The molecule has 0 unspecified atom stereocenters. The van der Waals surface area contributed by atoms with Gasteiger partial charge in [0, 0.05) is 72.8 Å². The lowest BCUT2D eigenvalue weighted by molar-refractivity contribution is -0.120. The molecular formula is C43H39FN6O5. The van der Waals surface area contributed by atoms with E-state index >= 15 is 4.39 Å². The predicted octanol–water partition coefficient (Wildman–Crippen LogP) is 5.63. The van der Waals surface area contributed by atoms with Crippen LogP contribution in [0.3, 0.4) is 0 Å². The minimum atomic E-state index is -0.565. The molecule has 55 heavy (non-hydrogen) atoms. The minimum absolute atomic E-state index is 0.0288. The Morgan fingerprint density at radius 2 is 1.75 bits per heavy atom. The van der Waals surface area contributed by atoms with Crippen molar-refractivity contribution in [2.75, 3.05) is 50.8 Å². The Kier molecular flexibility index (Phi) is 8.89. The molecule has 0 N–H and O–H groups in total. The van der Waals surface area contributed by atoms with Gasteiger partial charge >= 0.3 is 6.03 Å². The van der Waals surface area contributed by atoms with Crippen molar-refractivity contribution in [3.05, 3.63) is 106 Å². The summed E-state index contributed by atoms with van der Waals surface area (Å²) in [5, 5.41) is 11.1. The Labute approximate surface area is 317 Å². The van der Waals surface area contributed by atoms with Crippen molar-refractivity contribution in [1.82, 2.24) is 14.7 Å². The predicted molar refractivity (Wildman–Crippen MR) is 203 cm³/mol. The highest BCUT2D eigenvalue weighted by Crippen LogP contribution is 2.48. The molecule has 2 bridgehead atoms. The fraction of sp³-hybridized carbons (Fsp3) is 0.349. The topological polar surface area (TPSA) is 127 Å². The number of anilines is 1. The summed E-state index contributed by atoms with van der Waals surface area (Å²) in [6, 6.07) is 22.4. The number of piperazine rings is 1. The molecule has 278 valence electrons. The van der Waals surface area contributed by atoms with Gasteiger partial charge < -0.3 is 14.5 Å². The number of ether oxygens (including phenoxy) is 1. The number of nitrogens with zero attached hydrogens (tertiary/aromatic N) is 6. The number of urea groups is 1. The lowest BCUT2D eigenvalue weighted by Gasteiger charge is -2.34. The summed E-state index contributed by atoms with van der Waals surface area (Å²) in [5.41, 5.74) is 3.88. The standard InChI is InChI=1S/C43H39FN6O5/c44-36-12-6-26(21-37-32-4-1-2-5-33(32)39(51)25-46-37)20-35(36)41(52)48-17-15-47(16-18-48)14-3-19-55-30-10-11-31-28(24-45)8-13-38(34(31)23-30)50-42(53)40-27-7-9-29(22-27)49(40)43(50)54/h1-2,4-6,8,10-13,20,23,27,29,40H,3,7,9,14-19,21-22,25H2/t27-,29+,40+/m0/s1. The zero-order valence-corrected chi connectivity index (χ0v) is 30.2. The van der Waals surface area contributed by atoms with E-state index in [9.17, 15) is 24.4 Å². The van der Waals surface area contributed by atoms with Gasteiger partial charge in [0.1, 0.15) is 24.2 Å². The second-order valence-corrected chi connectivity index (χ2v) is 15.0. The first-order valence-corrected chi connectivity index (χ1v) is 19.0. The van der Waals surface area contributed by atoms with Crippen LogP contribution in [-0.2, 0) is 11.2 Å². The molecule has 12 heteroatoms.